The van der Waals surface area contributed by atoms with Crippen molar-refractivity contribution in [3.63, 3.8) is 0 Å². The summed E-state index contributed by atoms with van der Waals surface area (Å²) in [4.78, 5) is 11.5. The predicted octanol–water partition coefficient (Wildman–Crippen LogP) is 4.23. The van der Waals surface area contributed by atoms with Crippen LogP contribution in [0.25, 0.3) is 0 Å². The lowest BCUT2D eigenvalue weighted by atomic mass is 9.86. The quantitative estimate of drug-likeness (QED) is 0.415. The molecule has 2 nitrogen and oxygen atoms in total. The minimum absolute atomic E-state index is 0.00690. The van der Waals surface area contributed by atoms with Gasteiger partial charge in [0.2, 0.25) is 0 Å². The highest BCUT2D eigenvalue weighted by molar-refractivity contribution is 5.72. The number of hydrogen-bond donors (Lipinski definition) is 0. The normalized spacial score (nSPS) is 22.9. The van der Waals surface area contributed by atoms with Crippen molar-refractivity contribution in [3.05, 3.63) is 23.5 Å². The Morgan fingerprint density at radius 1 is 1.65 bits per heavy atom. The number of allylic oxidation sites excluding steroid dienone is 3. The van der Waals surface area contributed by atoms with Gasteiger partial charge < -0.3 is 4.74 Å². The van der Waals surface area contributed by atoms with Gasteiger partial charge in [0.25, 0.3) is 0 Å². The Morgan fingerprint density at radius 2 is 2.35 bits per heavy atom. The maximum absolute atomic E-state index is 11.5. The summed E-state index contributed by atoms with van der Waals surface area (Å²) in [5, 5.41) is 0. The van der Waals surface area contributed by atoms with Crippen LogP contribution >= 0.6 is 0 Å². The van der Waals surface area contributed by atoms with E-state index >= 15 is 0 Å². The summed E-state index contributed by atoms with van der Waals surface area (Å²) in [6, 6.07) is 0. The van der Waals surface area contributed by atoms with Gasteiger partial charge in [0, 0.05) is 0 Å². The second kappa shape index (κ2) is 6.63. The van der Waals surface area contributed by atoms with Crippen LogP contribution in [-0.4, -0.2) is 5.97 Å². The fourth-order valence-corrected chi connectivity index (χ4v) is 1.91. The summed E-state index contributed by atoms with van der Waals surface area (Å²) in [5.74, 6) is 0.422. The molecule has 0 amide bonds. The van der Waals surface area contributed by atoms with Crippen molar-refractivity contribution in [1.82, 2.24) is 0 Å². The van der Waals surface area contributed by atoms with Gasteiger partial charge in [-0.15, -0.1) is 0 Å². The smallest absolute Gasteiger partial charge is 0.313 e. The van der Waals surface area contributed by atoms with Crippen LogP contribution in [0.1, 0.15) is 53.4 Å². The number of ether oxygens (including phenoxy) is 1. The summed E-state index contributed by atoms with van der Waals surface area (Å²) in [6.07, 6.45) is 8.20. The molecule has 2 atom stereocenters. The maximum atomic E-state index is 11.5. The Hall–Kier alpha value is -1.05. The van der Waals surface area contributed by atoms with Crippen molar-refractivity contribution in [1.29, 1.82) is 0 Å². The van der Waals surface area contributed by atoms with Gasteiger partial charge in [-0.2, -0.15) is 0 Å². The molecule has 2 heteroatoms. The van der Waals surface area contributed by atoms with Crippen molar-refractivity contribution < 1.29 is 9.53 Å². The molecule has 0 radical (unpaired) electrons. The molecule has 2 unspecified atom stereocenters. The molecule has 0 aliphatic heterocycles. The van der Waals surface area contributed by atoms with Gasteiger partial charge in [-0.25, -0.2) is 0 Å². The minimum Gasteiger partial charge on any atom is -0.434 e. The molecular formula is C15H24O2. The second-order valence-electron chi connectivity index (χ2n) is 5.13. The fraction of sp³-hybridized carbons (Fsp3) is 0.667. The van der Waals surface area contributed by atoms with E-state index in [1.807, 2.05) is 13.8 Å². The minimum atomic E-state index is -0.116. The van der Waals surface area contributed by atoms with E-state index in [4.69, 9.17) is 4.74 Å². The van der Waals surface area contributed by atoms with Crippen molar-refractivity contribution in [2.75, 3.05) is 0 Å². The molecule has 96 valence electrons. The van der Waals surface area contributed by atoms with E-state index in [9.17, 15) is 4.79 Å². The number of carbonyl (C=O) groups excluding carboxylic acids is 1. The molecule has 1 rings (SSSR count). The monoisotopic (exact) mass is 236 g/mol. The molecule has 0 bridgehead atoms. The van der Waals surface area contributed by atoms with Crippen molar-refractivity contribution in [3.8, 4) is 0 Å². The van der Waals surface area contributed by atoms with Gasteiger partial charge >= 0.3 is 5.97 Å². The van der Waals surface area contributed by atoms with E-state index in [0.29, 0.717) is 5.92 Å². The zero-order chi connectivity index (χ0) is 12.8. The summed E-state index contributed by atoms with van der Waals surface area (Å²) in [5.41, 5.74) is 2.66. The van der Waals surface area contributed by atoms with Crippen LogP contribution in [0, 0.1) is 11.8 Å². The molecule has 1 aliphatic carbocycles. The maximum Gasteiger partial charge on any atom is 0.313 e. The van der Waals surface area contributed by atoms with Gasteiger partial charge in [-0.05, 0) is 51.0 Å². The average Bonchev–Trinajstić information content (AvgIpc) is 2.35. The fourth-order valence-electron chi connectivity index (χ4n) is 1.91. The number of carbonyl (C=O) groups is 1. The van der Waals surface area contributed by atoms with Gasteiger partial charge in [0.05, 0.1) is 12.2 Å². The van der Waals surface area contributed by atoms with Crippen LogP contribution in [0.5, 0.6) is 0 Å². The van der Waals surface area contributed by atoms with Gasteiger partial charge in [-0.1, -0.05) is 25.5 Å². The van der Waals surface area contributed by atoms with E-state index in [2.05, 4.69) is 19.9 Å². The van der Waals surface area contributed by atoms with E-state index < -0.39 is 0 Å². The van der Waals surface area contributed by atoms with Gasteiger partial charge in [0.1, 0.15) is 0 Å². The summed E-state index contributed by atoms with van der Waals surface area (Å²) < 4.78 is 5.21. The van der Waals surface area contributed by atoms with Crippen LogP contribution in [-0.2, 0) is 9.53 Å². The van der Waals surface area contributed by atoms with Gasteiger partial charge in [0.15, 0.2) is 0 Å². The molecule has 0 aromatic heterocycles. The largest absolute Gasteiger partial charge is 0.434 e. The Bertz CT molecular complexity index is 326. The molecule has 1 aliphatic rings. The first-order valence-corrected chi connectivity index (χ1v) is 6.57. The molecule has 0 aromatic rings. The Kier molecular flexibility index (Phi) is 5.46. The van der Waals surface area contributed by atoms with Crippen molar-refractivity contribution >= 4 is 5.97 Å². The summed E-state index contributed by atoms with van der Waals surface area (Å²) in [7, 11) is 0. The van der Waals surface area contributed by atoms with Crippen LogP contribution in [0.15, 0.2) is 23.5 Å². The van der Waals surface area contributed by atoms with Crippen LogP contribution in [0.2, 0.25) is 0 Å². The zero-order valence-electron chi connectivity index (χ0n) is 11.5. The highest BCUT2D eigenvalue weighted by Gasteiger charge is 2.16. The number of hydrogen-bond acceptors (Lipinski definition) is 2. The predicted molar refractivity (Wildman–Crippen MR) is 70.4 cm³/mol. The standard InChI is InChI=1S/C15H24O2/c1-5-12(3)15(16)17-10-13(4)14-8-6-11(2)7-9-14/h6,10,12,14H,5,7-9H2,1-4H3/b13-10+. The number of rotatable bonds is 4. The molecule has 0 saturated heterocycles. The average molecular weight is 236 g/mol. The van der Waals surface area contributed by atoms with E-state index in [0.717, 1.165) is 19.3 Å². The second-order valence-corrected chi connectivity index (χ2v) is 5.13. The summed E-state index contributed by atoms with van der Waals surface area (Å²) >= 11 is 0. The Morgan fingerprint density at radius 3 is 2.88 bits per heavy atom. The lowest BCUT2D eigenvalue weighted by Gasteiger charge is -2.21. The molecule has 0 aromatic carbocycles. The van der Waals surface area contributed by atoms with Crippen LogP contribution < -0.4 is 0 Å². The first-order valence-electron chi connectivity index (χ1n) is 6.57. The molecule has 0 saturated carbocycles. The lowest BCUT2D eigenvalue weighted by molar-refractivity contribution is -0.142. The van der Waals surface area contributed by atoms with E-state index in [1.165, 1.54) is 17.6 Å². The first-order chi connectivity index (χ1) is 8.04. The molecule has 17 heavy (non-hydrogen) atoms. The Balaban J connectivity index is 2.47. The van der Waals surface area contributed by atoms with Gasteiger partial charge in [-0.3, -0.25) is 4.79 Å². The van der Waals surface area contributed by atoms with Crippen molar-refractivity contribution in [2.45, 2.75) is 53.4 Å². The first kappa shape index (κ1) is 14.0. The lowest BCUT2D eigenvalue weighted by Crippen LogP contribution is -2.12. The third kappa shape index (κ3) is 4.37. The van der Waals surface area contributed by atoms with E-state index in [-0.39, 0.29) is 11.9 Å². The molecule has 0 spiro atoms. The SMILES string of the molecule is CCC(C)C(=O)O/C=C(\C)C1CC=C(C)CC1. The highest BCUT2D eigenvalue weighted by atomic mass is 16.5. The molecular weight excluding hydrogens is 212 g/mol. The van der Waals surface area contributed by atoms with E-state index in [1.54, 1.807) is 6.26 Å². The number of esters is 1. The zero-order valence-corrected chi connectivity index (χ0v) is 11.5. The third-order valence-electron chi connectivity index (χ3n) is 3.66. The third-order valence-corrected chi connectivity index (χ3v) is 3.66. The molecule has 0 N–H and O–H groups in total. The molecule has 0 heterocycles. The van der Waals surface area contributed by atoms with Crippen molar-refractivity contribution in [2.24, 2.45) is 11.8 Å². The topological polar surface area (TPSA) is 26.3 Å². The summed E-state index contributed by atoms with van der Waals surface area (Å²) in [6.45, 7) is 8.14. The molecule has 0 fully saturated rings. The van der Waals surface area contributed by atoms with Crippen LogP contribution in [0.4, 0.5) is 0 Å². The van der Waals surface area contributed by atoms with Crippen LogP contribution in [0.3, 0.4) is 0 Å². The highest BCUT2D eigenvalue weighted by Crippen LogP contribution is 2.28. The Labute approximate surface area is 105 Å².